The van der Waals surface area contributed by atoms with E-state index >= 15 is 0 Å². The van der Waals surface area contributed by atoms with Crippen LogP contribution in [0.1, 0.15) is 53.3 Å². The van der Waals surface area contributed by atoms with Gasteiger partial charge in [-0.3, -0.25) is 0 Å². The van der Waals surface area contributed by atoms with Crippen LogP contribution in [0.3, 0.4) is 0 Å². The zero-order chi connectivity index (χ0) is 28.3. The standard InChI is InChI=1S/C33H28O7/c1-2-12-26-27(31(35)38-20-23-13-6-3-7-14-23)19-28(32(36)39-21-24-15-8-4-9-16-24)29(30(26)34)33(37)40-22-25-17-10-5-11-18-25/h2-11,13-19,34H,1,12,20-22H2. The number of aromatic hydroxyl groups is 1. The van der Waals surface area contributed by atoms with Crippen LogP contribution >= 0.6 is 0 Å². The fourth-order valence-corrected chi connectivity index (χ4v) is 4.01. The predicted octanol–water partition coefficient (Wildman–Crippen LogP) is 6.19. The molecule has 4 rings (SSSR count). The monoisotopic (exact) mass is 536 g/mol. The van der Waals surface area contributed by atoms with Gasteiger partial charge in [0.2, 0.25) is 0 Å². The quantitative estimate of drug-likeness (QED) is 0.139. The summed E-state index contributed by atoms with van der Waals surface area (Å²) in [5, 5.41) is 11.3. The molecule has 40 heavy (non-hydrogen) atoms. The predicted molar refractivity (Wildman–Crippen MR) is 149 cm³/mol. The Morgan fingerprint density at radius 2 is 1.02 bits per heavy atom. The molecule has 0 fully saturated rings. The van der Waals surface area contributed by atoms with Gasteiger partial charge < -0.3 is 19.3 Å². The summed E-state index contributed by atoms with van der Waals surface area (Å²) >= 11 is 0. The van der Waals surface area contributed by atoms with Gasteiger partial charge >= 0.3 is 17.9 Å². The molecule has 0 bridgehead atoms. The van der Waals surface area contributed by atoms with E-state index in [4.69, 9.17) is 14.2 Å². The highest BCUT2D eigenvalue weighted by Gasteiger charge is 2.30. The summed E-state index contributed by atoms with van der Waals surface area (Å²) in [7, 11) is 0. The molecule has 0 saturated carbocycles. The Bertz CT molecular complexity index is 1480. The fraction of sp³-hybridized carbons (Fsp3) is 0.121. The fourth-order valence-electron chi connectivity index (χ4n) is 4.01. The lowest BCUT2D eigenvalue weighted by molar-refractivity contribution is 0.0418. The zero-order valence-corrected chi connectivity index (χ0v) is 21.7. The second-order valence-electron chi connectivity index (χ2n) is 8.85. The lowest BCUT2D eigenvalue weighted by atomic mass is 9.94. The van der Waals surface area contributed by atoms with E-state index in [1.807, 2.05) is 30.3 Å². The Morgan fingerprint density at radius 1 is 0.625 bits per heavy atom. The molecular weight excluding hydrogens is 508 g/mol. The molecule has 0 aromatic heterocycles. The summed E-state index contributed by atoms with van der Waals surface area (Å²) in [5.74, 6) is -3.20. The Labute approximate surface area is 232 Å². The highest BCUT2D eigenvalue weighted by Crippen LogP contribution is 2.33. The number of allylic oxidation sites excluding steroid dienone is 1. The van der Waals surface area contributed by atoms with Crippen molar-refractivity contribution in [1.82, 2.24) is 0 Å². The van der Waals surface area contributed by atoms with Crippen molar-refractivity contribution in [1.29, 1.82) is 0 Å². The number of rotatable bonds is 11. The normalized spacial score (nSPS) is 10.4. The number of phenols is 1. The topological polar surface area (TPSA) is 99.1 Å². The first-order chi connectivity index (χ1) is 19.5. The third-order valence-electron chi connectivity index (χ3n) is 6.04. The first kappa shape index (κ1) is 27.9. The lowest BCUT2D eigenvalue weighted by Gasteiger charge is -2.17. The minimum absolute atomic E-state index is 0.0252. The Balaban J connectivity index is 1.69. The number of ether oxygens (including phenoxy) is 3. The smallest absolute Gasteiger partial charge is 0.343 e. The Hall–Kier alpha value is -5.17. The van der Waals surface area contributed by atoms with Gasteiger partial charge in [0.1, 0.15) is 31.1 Å². The van der Waals surface area contributed by atoms with Gasteiger partial charge in [-0.15, -0.1) is 6.58 Å². The van der Waals surface area contributed by atoms with Crippen molar-refractivity contribution in [2.24, 2.45) is 0 Å². The summed E-state index contributed by atoms with van der Waals surface area (Å²) in [6.45, 7) is 3.50. The van der Waals surface area contributed by atoms with E-state index in [-0.39, 0.29) is 42.9 Å². The molecule has 0 atom stereocenters. The van der Waals surface area contributed by atoms with Crippen LogP contribution in [0.15, 0.2) is 110 Å². The first-order valence-corrected chi connectivity index (χ1v) is 12.6. The summed E-state index contributed by atoms with van der Waals surface area (Å²) in [4.78, 5) is 39.7. The molecule has 1 N–H and O–H groups in total. The molecule has 4 aromatic carbocycles. The second kappa shape index (κ2) is 13.6. The van der Waals surface area contributed by atoms with Crippen molar-refractivity contribution in [3.63, 3.8) is 0 Å². The molecule has 0 saturated heterocycles. The van der Waals surface area contributed by atoms with Crippen LogP contribution < -0.4 is 0 Å². The minimum Gasteiger partial charge on any atom is -0.507 e. The average Bonchev–Trinajstić information content (AvgIpc) is 2.99. The Morgan fingerprint density at radius 3 is 1.45 bits per heavy atom. The first-order valence-electron chi connectivity index (χ1n) is 12.6. The molecule has 7 heteroatoms. The van der Waals surface area contributed by atoms with E-state index in [0.29, 0.717) is 0 Å². The van der Waals surface area contributed by atoms with Crippen LogP contribution in [-0.2, 0) is 40.5 Å². The number of esters is 3. The van der Waals surface area contributed by atoms with Crippen molar-refractivity contribution in [2.75, 3.05) is 0 Å². The maximum atomic E-state index is 13.3. The summed E-state index contributed by atoms with van der Waals surface area (Å²) in [6.07, 6.45) is 1.50. The third kappa shape index (κ3) is 7.02. The number of phenolic OH excluding ortho intramolecular Hbond substituents is 1. The van der Waals surface area contributed by atoms with E-state index in [9.17, 15) is 19.5 Å². The number of carbonyl (C=O) groups is 3. The van der Waals surface area contributed by atoms with Crippen LogP contribution in [0.4, 0.5) is 0 Å². The van der Waals surface area contributed by atoms with E-state index in [0.717, 1.165) is 16.7 Å². The molecule has 0 aliphatic rings. The Kier molecular flexibility index (Phi) is 9.45. The number of benzene rings is 4. The van der Waals surface area contributed by atoms with E-state index in [1.165, 1.54) is 12.1 Å². The molecule has 0 heterocycles. The van der Waals surface area contributed by atoms with Crippen molar-refractivity contribution in [3.05, 3.63) is 149 Å². The average molecular weight is 537 g/mol. The SMILES string of the molecule is C=CCc1c(C(=O)OCc2ccccc2)cc(C(=O)OCc2ccccc2)c(C(=O)OCc2ccccc2)c1O. The van der Waals surface area contributed by atoms with Crippen LogP contribution in [0.5, 0.6) is 5.75 Å². The van der Waals surface area contributed by atoms with Gasteiger partial charge in [0.15, 0.2) is 0 Å². The molecular formula is C33H28O7. The number of carbonyl (C=O) groups excluding carboxylic acids is 3. The van der Waals surface area contributed by atoms with Crippen molar-refractivity contribution in [2.45, 2.75) is 26.2 Å². The van der Waals surface area contributed by atoms with E-state index in [2.05, 4.69) is 6.58 Å². The molecule has 4 aromatic rings. The maximum absolute atomic E-state index is 13.3. The molecule has 0 aliphatic heterocycles. The highest BCUT2D eigenvalue weighted by atomic mass is 16.5. The molecule has 0 amide bonds. The summed E-state index contributed by atoms with van der Waals surface area (Å²) < 4.78 is 16.4. The van der Waals surface area contributed by atoms with Gasteiger partial charge in [-0.2, -0.15) is 0 Å². The van der Waals surface area contributed by atoms with E-state index in [1.54, 1.807) is 60.7 Å². The highest BCUT2D eigenvalue weighted by molar-refractivity contribution is 6.08. The van der Waals surface area contributed by atoms with Crippen LogP contribution in [0, 0.1) is 0 Å². The summed E-state index contributed by atoms with van der Waals surface area (Å²) in [5.41, 5.74) is 1.49. The van der Waals surface area contributed by atoms with Crippen molar-refractivity contribution in [3.8, 4) is 5.75 Å². The van der Waals surface area contributed by atoms with Gasteiger partial charge in [0, 0.05) is 5.56 Å². The molecule has 0 unspecified atom stereocenters. The maximum Gasteiger partial charge on any atom is 0.343 e. The second-order valence-corrected chi connectivity index (χ2v) is 8.85. The van der Waals surface area contributed by atoms with Crippen molar-refractivity contribution < 1.29 is 33.7 Å². The largest absolute Gasteiger partial charge is 0.507 e. The van der Waals surface area contributed by atoms with Gasteiger partial charge in [0.05, 0.1) is 11.1 Å². The number of hydrogen-bond donors (Lipinski definition) is 1. The molecule has 0 aliphatic carbocycles. The van der Waals surface area contributed by atoms with Gasteiger partial charge in [-0.25, -0.2) is 14.4 Å². The zero-order valence-electron chi connectivity index (χ0n) is 21.7. The van der Waals surface area contributed by atoms with Gasteiger partial charge in [-0.05, 0) is 29.2 Å². The number of hydrogen-bond acceptors (Lipinski definition) is 7. The van der Waals surface area contributed by atoms with Crippen LogP contribution in [-0.4, -0.2) is 23.0 Å². The van der Waals surface area contributed by atoms with Crippen molar-refractivity contribution >= 4 is 17.9 Å². The lowest BCUT2D eigenvalue weighted by Crippen LogP contribution is -2.18. The van der Waals surface area contributed by atoms with Crippen LogP contribution in [0.2, 0.25) is 0 Å². The minimum atomic E-state index is -0.942. The molecule has 202 valence electrons. The van der Waals surface area contributed by atoms with Gasteiger partial charge in [-0.1, -0.05) is 97.1 Å². The van der Waals surface area contributed by atoms with Gasteiger partial charge in [0.25, 0.3) is 0 Å². The molecule has 0 spiro atoms. The third-order valence-corrected chi connectivity index (χ3v) is 6.04. The van der Waals surface area contributed by atoms with Crippen LogP contribution in [0.25, 0.3) is 0 Å². The molecule has 0 radical (unpaired) electrons. The van der Waals surface area contributed by atoms with E-state index < -0.39 is 29.2 Å². The molecule has 7 nitrogen and oxygen atoms in total. The summed E-state index contributed by atoms with van der Waals surface area (Å²) in [6, 6.07) is 28.2.